The van der Waals surface area contributed by atoms with Crippen molar-refractivity contribution in [2.75, 3.05) is 26.2 Å². The molecule has 134 valence electrons. The Morgan fingerprint density at radius 2 is 2.04 bits per heavy atom. The highest BCUT2D eigenvalue weighted by atomic mass is 32.1. The molecule has 0 atom stereocenters. The van der Waals surface area contributed by atoms with Crippen molar-refractivity contribution in [2.45, 2.75) is 13.5 Å². The lowest BCUT2D eigenvalue weighted by Gasteiger charge is -2.34. The van der Waals surface area contributed by atoms with Crippen molar-refractivity contribution in [3.8, 4) is 0 Å². The third-order valence-corrected chi connectivity index (χ3v) is 5.49. The molecular formula is C19H20N4O2S. The quantitative estimate of drug-likeness (QED) is 0.710. The first-order chi connectivity index (χ1) is 12.6. The van der Waals surface area contributed by atoms with Crippen molar-refractivity contribution in [1.29, 1.82) is 0 Å². The topological polar surface area (TPSA) is 57.9 Å². The van der Waals surface area contributed by atoms with Gasteiger partial charge in [0.25, 0.3) is 11.5 Å². The maximum atomic E-state index is 12.8. The van der Waals surface area contributed by atoms with Gasteiger partial charge in [-0.2, -0.15) is 0 Å². The van der Waals surface area contributed by atoms with Crippen molar-refractivity contribution in [1.82, 2.24) is 19.2 Å². The molecule has 0 radical (unpaired) electrons. The Morgan fingerprint density at radius 1 is 1.23 bits per heavy atom. The molecule has 1 saturated heterocycles. The Morgan fingerprint density at radius 3 is 2.81 bits per heavy atom. The van der Waals surface area contributed by atoms with E-state index in [1.165, 1.54) is 33.1 Å². The van der Waals surface area contributed by atoms with Gasteiger partial charge < -0.3 is 4.90 Å². The Hall–Kier alpha value is -2.51. The van der Waals surface area contributed by atoms with Gasteiger partial charge in [-0.15, -0.1) is 11.3 Å². The van der Waals surface area contributed by atoms with Gasteiger partial charge in [-0.3, -0.25) is 18.9 Å². The highest BCUT2D eigenvalue weighted by Crippen LogP contribution is 2.12. The number of thiazole rings is 1. The van der Waals surface area contributed by atoms with Crippen LogP contribution in [0.1, 0.15) is 21.5 Å². The van der Waals surface area contributed by atoms with E-state index in [2.05, 4.69) is 41.1 Å². The largest absolute Gasteiger partial charge is 0.336 e. The third kappa shape index (κ3) is 3.27. The number of carbonyl (C=O) groups excluding carboxylic acids is 1. The van der Waals surface area contributed by atoms with Gasteiger partial charge in [0.05, 0.1) is 0 Å². The normalized spacial score (nSPS) is 15.5. The van der Waals surface area contributed by atoms with Crippen molar-refractivity contribution in [3.63, 3.8) is 0 Å². The molecule has 0 bridgehead atoms. The van der Waals surface area contributed by atoms with Gasteiger partial charge in [0.2, 0.25) is 0 Å². The molecule has 3 aromatic rings. The minimum atomic E-state index is -0.288. The first-order valence-electron chi connectivity index (χ1n) is 8.64. The molecule has 0 aliphatic carbocycles. The van der Waals surface area contributed by atoms with Crippen LogP contribution in [0.5, 0.6) is 0 Å². The second-order valence-electron chi connectivity index (χ2n) is 6.59. The van der Waals surface area contributed by atoms with Crippen LogP contribution in [0.2, 0.25) is 0 Å². The van der Waals surface area contributed by atoms with Crippen molar-refractivity contribution in [2.24, 2.45) is 0 Å². The Kier molecular flexibility index (Phi) is 4.57. The summed E-state index contributed by atoms with van der Waals surface area (Å²) >= 11 is 1.38. The van der Waals surface area contributed by atoms with E-state index in [0.29, 0.717) is 18.1 Å². The SMILES string of the molecule is Cc1cccc(CN2CCN(C(=O)c3cnc4sccn4c3=O)CC2)c1. The first kappa shape index (κ1) is 16.9. The van der Waals surface area contributed by atoms with E-state index in [0.717, 1.165) is 19.6 Å². The number of hydrogen-bond donors (Lipinski definition) is 0. The molecule has 0 spiro atoms. The monoisotopic (exact) mass is 368 g/mol. The zero-order chi connectivity index (χ0) is 18.1. The number of nitrogens with zero attached hydrogens (tertiary/aromatic N) is 4. The number of fused-ring (bicyclic) bond motifs is 1. The van der Waals surface area contributed by atoms with Gasteiger partial charge in [0.15, 0.2) is 4.96 Å². The van der Waals surface area contributed by atoms with E-state index in [9.17, 15) is 9.59 Å². The lowest BCUT2D eigenvalue weighted by Crippen LogP contribution is -2.49. The maximum absolute atomic E-state index is 12.8. The summed E-state index contributed by atoms with van der Waals surface area (Å²) in [5.41, 5.74) is 2.40. The molecule has 4 rings (SSSR count). The molecule has 7 heteroatoms. The fraction of sp³-hybridized carbons (Fsp3) is 0.316. The number of rotatable bonds is 3. The second-order valence-corrected chi connectivity index (χ2v) is 7.46. The van der Waals surface area contributed by atoms with Crippen LogP contribution in [0.3, 0.4) is 0 Å². The number of aryl methyl sites for hydroxylation is 1. The molecule has 0 saturated carbocycles. The summed E-state index contributed by atoms with van der Waals surface area (Å²) in [6.07, 6.45) is 3.07. The summed E-state index contributed by atoms with van der Waals surface area (Å²) in [5, 5.41) is 1.79. The lowest BCUT2D eigenvalue weighted by atomic mass is 10.1. The minimum absolute atomic E-state index is 0.146. The van der Waals surface area contributed by atoms with Crippen molar-refractivity contribution >= 4 is 22.2 Å². The van der Waals surface area contributed by atoms with E-state index in [1.807, 2.05) is 0 Å². The number of aromatic nitrogens is 2. The molecule has 1 aromatic carbocycles. The molecule has 1 aliphatic rings. The molecule has 3 heterocycles. The van der Waals surface area contributed by atoms with E-state index in [4.69, 9.17) is 0 Å². The van der Waals surface area contributed by atoms with Crippen LogP contribution in [0.15, 0.2) is 46.8 Å². The number of amides is 1. The van der Waals surface area contributed by atoms with Crippen LogP contribution in [-0.2, 0) is 6.54 Å². The summed E-state index contributed by atoms with van der Waals surface area (Å²) in [7, 11) is 0. The summed E-state index contributed by atoms with van der Waals surface area (Å²) in [6, 6.07) is 8.50. The predicted molar refractivity (Wildman–Crippen MR) is 102 cm³/mol. The lowest BCUT2D eigenvalue weighted by molar-refractivity contribution is 0.0626. The smallest absolute Gasteiger partial charge is 0.271 e. The van der Waals surface area contributed by atoms with Gasteiger partial charge >= 0.3 is 0 Å². The maximum Gasteiger partial charge on any atom is 0.271 e. The molecule has 1 fully saturated rings. The van der Waals surface area contributed by atoms with Gasteiger partial charge in [-0.25, -0.2) is 4.98 Å². The van der Waals surface area contributed by atoms with Crippen molar-refractivity contribution < 1.29 is 4.79 Å². The summed E-state index contributed by atoms with van der Waals surface area (Å²) < 4.78 is 1.44. The molecule has 0 N–H and O–H groups in total. The van der Waals surface area contributed by atoms with Gasteiger partial charge in [-0.1, -0.05) is 29.8 Å². The van der Waals surface area contributed by atoms with Crippen LogP contribution < -0.4 is 5.56 Å². The molecule has 1 aliphatic heterocycles. The molecule has 2 aromatic heterocycles. The van der Waals surface area contributed by atoms with E-state index < -0.39 is 0 Å². The number of hydrogen-bond acceptors (Lipinski definition) is 5. The third-order valence-electron chi connectivity index (χ3n) is 4.72. The van der Waals surface area contributed by atoms with Crippen LogP contribution in [0.25, 0.3) is 4.96 Å². The average Bonchev–Trinajstić information content (AvgIpc) is 3.12. The highest BCUT2D eigenvalue weighted by molar-refractivity contribution is 7.15. The zero-order valence-corrected chi connectivity index (χ0v) is 15.4. The molecular weight excluding hydrogens is 348 g/mol. The van der Waals surface area contributed by atoms with Crippen LogP contribution in [0, 0.1) is 6.92 Å². The van der Waals surface area contributed by atoms with Gasteiger partial charge in [0.1, 0.15) is 5.56 Å². The molecule has 0 unspecified atom stereocenters. The predicted octanol–water partition coefficient (Wildman–Crippen LogP) is 2.02. The zero-order valence-electron chi connectivity index (χ0n) is 14.6. The molecule has 26 heavy (non-hydrogen) atoms. The summed E-state index contributed by atoms with van der Waals surface area (Å²) in [4.78, 5) is 34.2. The average molecular weight is 368 g/mol. The van der Waals surface area contributed by atoms with Gasteiger partial charge in [-0.05, 0) is 12.5 Å². The highest BCUT2D eigenvalue weighted by Gasteiger charge is 2.24. The standard InChI is InChI=1S/C19H20N4O2S/c1-14-3-2-4-15(11-14)13-21-5-7-22(8-6-21)17(24)16-12-20-19-23(18(16)25)9-10-26-19/h2-4,9-12H,5-8,13H2,1H3. The van der Waals surface area contributed by atoms with E-state index in [1.54, 1.807) is 16.5 Å². The number of piperazine rings is 1. The van der Waals surface area contributed by atoms with E-state index >= 15 is 0 Å². The summed E-state index contributed by atoms with van der Waals surface area (Å²) in [5.74, 6) is -0.224. The minimum Gasteiger partial charge on any atom is -0.336 e. The van der Waals surface area contributed by atoms with Crippen LogP contribution >= 0.6 is 11.3 Å². The van der Waals surface area contributed by atoms with Crippen LogP contribution in [-0.4, -0.2) is 51.3 Å². The fourth-order valence-corrected chi connectivity index (χ4v) is 3.99. The number of carbonyl (C=O) groups is 1. The van der Waals surface area contributed by atoms with Crippen molar-refractivity contribution in [3.05, 3.63) is 69.1 Å². The molecule has 1 amide bonds. The Balaban J connectivity index is 1.43. The first-order valence-corrected chi connectivity index (χ1v) is 9.52. The fourth-order valence-electron chi connectivity index (χ4n) is 3.32. The number of benzene rings is 1. The van der Waals surface area contributed by atoms with Gasteiger partial charge in [0, 0.05) is 50.5 Å². The van der Waals surface area contributed by atoms with Crippen LogP contribution in [0.4, 0.5) is 0 Å². The summed E-state index contributed by atoms with van der Waals surface area (Å²) in [6.45, 7) is 5.82. The Bertz CT molecular complexity index is 1000. The van der Waals surface area contributed by atoms with E-state index in [-0.39, 0.29) is 17.0 Å². The second kappa shape index (κ2) is 7.01. The molecule has 6 nitrogen and oxygen atoms in total. The Labute approximate surface area is 155 Å².